The van der Waals surface area contributed by atoms with E-state index in [9.17, 15) is 0 Å². The third kappa shape index (κ3) is 1.19. The Labute approximate surface area is 74.6 Å². The van der Waals surface area contributed by atoms with Crippen molar-refractivity contribution >= 4 is 11.6 Å². The predicted octanol–water partition coefficient (Wildman–Crippen LogP) is 1.92. The molecule has 0 radical (unpaired) electrons. The molecule has 2 aromatic rings. The molecule has 0 bridgehead atoms. The summed E-state index contributed by atoms with van der Waals surface area (Å²) in [6, 6.07) is 7.54. The van der Waals surface area contributed by atoms with Crippen LogP contribution in [0, 0.1) is 0 Å². The largest absolute Gasteiger partial charge is 0.287 e. The molecule has 12 heavy (non-hydrogen) atoms. The summed E-state index contributed by atoms with van der Waals surface area (Å²) in [5.74, 6) is 0. The summed E-state index contributed by atoms with van der Waals surface area (Å²) >= 11 is 5.94. The minimum atomic E-state index is 0.692. The summed E-state index contributed by atoms with van der Waals surface area (Å²) < 4.78 is 1.77. The van der Waals surface area contributed by atoms with E-state index in [0.717, 1.165) is 5.69 Å². The topological polar surface area (TPSA) is 30.7 Å². The Hall–Kier alpha value is -1.35. The van der Waals surface area contributed by atoms with Gasteiger partial charge in [-0.3, -0.25) is 4.57 Å². The summed E-state index contributed by atoms with van der Waals surface area (Å²) in [7, 11) is 0. The van der Waals surface area contributed by atoms with Gasteiger partial charge in [0.1, 0.15) is 12.7 Å². The van der Waals surface area contributed by atoms with Crippen molar-refractivity contribution in [2.24, 2.45) is 0 Å². The highest BCUT2D eigenvalue weighted by molar-refractivity contribution is 6.32. The van der Waals surface area contributed by atoms with Crippen LogP contribution in [-0.4, -0.2) is 14.8 Å². The number of para-hydroxylation sites is 1. The molecule has 1 aromatic carbocycles. The van der Waals surface area contributed by atoms with Crippen LogP contribution in [0.25, 0.3) is 5.69 Å². The van der Waals surface area contributed by atoms with Crippen molar-refractivity contribution in [1.82, 2.24) is 14.8 Å². The Morgan fingerprint density at radius 2 is 1.75 bits per heavy atom. The van der Waals surface area contributed by atoms with Gasteiger partial charge in [-0.15, -0.1) is 10.2 Å². The molecule has 3 nitrogen and oxygen atoms in total. The van der Waals surface area contributed by atoms with Crippen molar-refractivity contribution in [2.45, 2.75) is 0 Å². The Morgan fingerprint density at radius 3 is 2.42 bits per heavy atom. The molecule has 0 fully saturated rings. The molecule has 0 amide bonds. The van der Waals surface area contributed by atoms with Gasteiger partial charge in [0.15, 0.2) is 0 Å². The second-order valence-electron chi connectivity index (χ2n) is 2.32. The fourth-order valence-corrected chi connectivity index (χ4v) is 1.22. The van der Waals surface area contributed by atoms with E-state index >= 15 is 0 Å². The van der Waals surface area contributed by atoms with Gasteiger partial charge in [-0.1, -0.05) is 23.7 Å². The monoisotopic (exact) mass is 179 g/mol. The maximum atomic E-state index is 5.94. The highest BCUT2D eigenvalue weighted by Gasteiger charge is 1.99. The molecule has 0 unspecified atom stereocenters. The number of hydrogen-bond acceptors (Lipinski definition) is 2. The first-order chi connectivity index (χ1) is 5.88. The zero-order valence-electron chi connectivity index (χ0n) is 6.18. The van der Waals surface area contributed by atoms with Crippen LogP contribution in [0.2, 0.25) is 5.02 Å². The second kappa shape index (κ2) is 2.95. The lowest BCUT2D eigenvalue weighted by atomic mass is 10.3. The lowest BCUT2D eigenvalue weighted by Gasteiger charge is -2.01. The fraction of sp³-hybridized carbons (Fsp3) is 0. The van der Waals surface area contributed by atoms with Crippen LogP contribution in [0.1, 0.15) is 0 Å². The Kier molecular flexibility index (Phi) is 1.80. The van der Waals surface area contributed by atoms with Crippen LogP contribution < -0.4 is 0 Å². The van der Waals surface area contributed by atoms with Gasteiger partial charge in [0, 0.05) is 0 Å². The Bertz CT molecular complexity index is 370. The molecule has 2 rings (SSSR count). The molecule has 60 valence electrons. The number of rotatable bonds is 1. The molecular weight excluding hydrogens is 174 g/mol. The molecular formula is C8H6ClN3. The quantitative estimate of drug-likeness (QED) is 0.670. The van der Waals surface area contributed by atoms with E-state index in [-0.39, 0.29) is 0 Å². The minimum absolute atomic E-state index is 0.692. The average Bonchev–Trinajstić information content (AvgIpc) is 2.57. The molecule has 1 heterocycles. The lowest BCUT2D eigenvalue weighted by Crippen LogP contribution is -1.89. The third-order valence-electron chi connectivity index (χ3n) is 1.55. The van der Waals surface area contributed by atoms with Gasteiger partial charge < -0.3 is 0 Å². The van der Waals surface area contributed by atoms with Crippen LogP contribution in [0.3, 0.4) is 0 Å². The fourth-order valence-electron chi connectivity index (χ4n) is 0.986. The number of hydrogen-bond donors (Lipinski definition) is 0. The molecule has 0 atom stereocenters. The van der Waals surface area contributed by atoms with E-state index < -0.39 is 0 Å². The van der Waals surface area contributed by atoms with E-state index in [2.05, 4.69) is 10.2 Å². The van der Waals surface area contributed by atoms with Crippen LogP contribution in [0.5, 0.6) is 0 Å². The molecule has 0 spiro atoms. The van der Waals surface area contributed by atoms with Gasteiger partial charge in [-0.2, -0.15) is 0 Å². The maximum absolute atomic E-state index is 5.94. The van der Waals surface area contributed by atoms with Crippen LogP contribution in [-0.2, 0) is 0 Å². The number of aromatic nitrogens is 3. The van der Waals surface area contributed by atoms with Gasteiger partial charge in [0.2, 0.25) is 0 Å². The van der Waals surface area contributed by atoms with Crippen molar-refractivity contribution in [3.8, 4) is 5.69 Å². The molecule has 0 aliphatic rings. The smallest absolute Gasteiger partial charge is 0.123 e. The molecule has 4 heteroatoms. The molecule has 1 aromatic heterocycles. The van der Waals surface area contributed by atoms with Gasteiger partial charge >= 0.3 is 0 Å². The van der Waals surface area contributed by atoms with Crippen LogP contribution in [0.4, 0.5) is 0 Å². The number of nitrogens with zero attached hydrogens (tertiary/aromatic N) is 3. The van der Waals surface area contributed by atoms with Gasteiger partial charge in [0.25, 0.3) is 0 Å². The van der Waals surface area contributed by atoms with Crippen molar-refractivity contribution in [3.63, 3.8) is 0 Å². The minimum Gasteiger partial charge on any atom is -0.287 e. The third-order valence-corrected chi connectivity index (χ3v) is 1.87. The molecule has 0 aliphatic heterocycles. The molecule has 0 N–H and O–H groups in total. The van der Waals surface area contributed by atoms with Crippen molar-refractivity contribution < 1.29 is 0 Å². The summed E-state index contributed by atoms with van der Waals surface area (Å²) in [6.45, 7) is 0. The highest BCUT2D eigenvalue weighted by atomic mass is 35.5. The van der Waals surface area contributed by atoms with E-state index in [1.807, 2.05) is 24.3 Å². The average molecular weight is 180 g/mol. The number of benzene rings is 1. The zero-order valence-corrected chi connectivity index (χ0v) is 6.94. The zero-order chi connectivity index (χ0) is 8.39. The van der Waals surface area contributed by atoms with Gasteiger partial charge in [0.05, 0.1) is 10.7 Å². The predicted molar refractivity (Wildman–Crippen MR) is 46.4 cm³/mol. The van der Waals surface area contributed by atoms with E-state index in [0.29, 0.717) is 5.02 Å². The SMILES string of the molecule is Clc1ccccc1-n1cnnc1. The summed E-state index contributed by atoms with van der Waals surface area (Å²) in [5, 5.41) is 8.08. The summed E-state index contributed by atoms with van der Waals surface area (Å²) in [4.78, 5) is 0. The first kappa shape index (κ1) is 7.31. The Morgan fingerprint density at radius 1 is 1.08 bits per heavy atom. The first-order valence-electron chi connectivity index (χ1n) is 3.47. The standard InChI is InChI=1S/C8H6ClN3/c9-7-3-1-2-4-8(7)12-5-10-11-6-12/h1-6H. The van der Waals surface area contributed by atoms with Crippen molar-refractivity contribution in [2.75, 3.05) is 0 Å². The van der Waals surface area contributed by atoms with Crippen molar-refractivity contribution in [3.05, 3.63) is 41.9 Å². The highest BCUT2D eigenvalue weighted by Crippen LogP contribution is 2.18. The van der Waals surface area contributed by atoms with E-state index in [1.54, 1.807) is 17.2 Å². The van der Waals surface area contributed by atoms with Crippen LogP contribution >= 0.6 is 11.6 Å². The Balaban J connectivity index is 2.55. The molecule has 0 aliphatic carbocycles. The number of halogens is 1. The summed E-state index contributed by atoms with van der Waals surface area (Å²) in [5.41, 5.74) is 0.893. The normalized spacial score (nSPS) is 10.1. The molecule has 0 saturated heterocycles. The maximum Gasteiger partial charge on any atom is 0.123 e. The van der Waals surface area contributed by atoms with E-state index in [4.69, 9.17) is 11.6 Å². The van der Waals surface area contributed by atoms with Gasteiger partial charge in [-0.05, 0) is 12.1 Å². The lowest BCUT2D eigenvalue weighted by molar-refractivity contribution is 1.06. The van der Waals surface area contributed by atoms with Gasteiger partial charge in [-0.25, -0.2) is 0 Å². The first-order valence-corrected chi connectivity index (χ1v) is 3.85. The van der Waals surface area contributed by atoms with Crippen LogP contribution in [0.15, 0.2) is 36.9 Å². The summed E-state index contributed by atoms with van der Waals surface area (Å²) in [6.07, 6.45) is 3.22. The molecule has 0 saturated carbocycles. The second-order valence-corrected chi connectivity index (χ2v) is 2.73. The van der Waals surface area contributed by atoms with E-state index in [1.165, 1.54) is 0 Å². The van der Waals surface area contributed by atoms with Crippen molar-refractivity contribution in [1.29, 1.82) is 0 Å².